The Labute approximate surface area is 266 Å². The molecule has 4 aromatic carbocycles. The molecule has 0 bridgehead atoms. The summed E-state index contributed by atoms with van der Waals surface area (Å²) in [6.45, 7) is 2.13. The zero-order valence-electron chi connectivity index (χ0n) is 24.5. The first-order valence-corrected chi connectivity index (χ1v) is 15.9. The number of hydrogen-bond acceptors (Lipinski definition) is 6. The monoisotopic (exact) mass is 653 g/mol. The molecule has 1 saturated heterocycles. The van der Waals surface area contributed by atoms with E-state index in [1.54, 1.807) is 0 Å². The average Bonchev–Trinajstić information content (AvgIpc) is 3.72. The van der Waals surface area contributed by atoms with Gasteiger partial charge in [-0.05, 0) is 65.4 Å². The smallest absolute Gasteiger partial charge is 0.266 e. The summed E-state index contributed by atoms with van der Waals surface area (Å²) in [5, 5.41) is 11.1. The van der Waals surface area contributed by atoms with E-state index < -0.39 is 11.6 Å². The van der Waals surface area contributed by atoms with E-state index in [1.807, 2.05) is 83.9 Å². The van der Waals surface area contributed by atoms with Crippen LogP contribution in [0, 0.1) is 0 Å². The van der Waals surface area contributed by atoms with E-state index >= 15 is 0 Å². The van der Waals surface area contributed by atoms with Gasteiger partial charge < -0.3 is 14.6 Å². The van der Waals surface area contributed by atoms with Crippen LogP contribution < -0.4 is 10.2 Å². The van der Waals surface area contributed by atoms with Crippen molar-refractivity contribution in [1.82, 2.24) is 10.4 Å². The Morgan fingerprint density at radius 3 is 2.27 bits per heavy atom. The third-order valence-electron chi connectivity index (χ3n) is 8.13. The van der Waals surface area contributed by atoms with E-state index in [2.05, 4.69) is 45.6 Å². The minimum atomic E-state index is -1.27. The molecule has 4 aromatic rings. The Morgan fingerprint density at radius 1 is 0.909 bits per heavy atom. The highest BCUT2D eigenvalue weighted by Gasteiger charge is 2.54. The molecule has 0 aliphatic carbocycles. The van der Waals surface area contributed by atoms with Crippen molar-refractivity contribution in [2.24, 2.45) is 4.99 Å². The number of hydrazine groups is 1. The van der Waals surface area contributed by atoms with Crippen LogP contribution in [0.15, 0.2) is 113 Å². The predicted molar refractivity (Wildman–Crippen MR) is 175 cm³/mol. The summed E-state index contributed by atoms with van der Waals surface area (Å²) in [6, 6.07) is 33.9. The summed E-state index contributed by atoms with van der Waals surface area (Å²) in [5.74, 6) is 0.916. The maximum absolute atomic E-state index is 14.5. The van der Waals surface area contributed by atoms with Crippen LogP contribution in [0.4, 0.5) is 0 Å². The van der Waals surface area contributed by atoms with Gasteiger partial charge in [0.15, 0.2) is 11.6 Å². The van der Waals surface area contributed by atoms with Gasteiger partial charge in [0.1, 0.15) is 5.75 Å². The van der Waals surface area contributed by atoms with Crippen LogP contribution >= 0.6 is 15.9 Å². The Balaban J connectivity index is 1.41. The number of carbonyl (C=O) groups is 1. The van der Waals surface area contributed by atoms with Crippen molar-refractivity contribution in [1.29, 1.82) is 0 Å². The maximum atomic E-state index is 14.5. The van der Waals surface area contributed by atoms with Gasteiger partial charge in [-0.25, -0.2) is 10.0 Å². The summed E-state index contributed by atoms with van der Waals surface area (Å²) in [4.78, 5) is 19.7. The Morgan fingerprint density at radius 2 is 1.57 bits per heavy atom. The first kappa shape index (κ1) is 30.1. The molecule has 2 heterocycles. The zero-order valence-corrected chi connectivity index (χ0v) is 26.1. The van der Waals surface area contributed by atoms with Crippen molar-refractivity contribution >= 4 is 27.7 Å². The molecule has 6 rings (SSSR count). The quantitative estimate of drug-likeness (QED) is 0.181. The second kappa shape index (κ2) is 13.8. The fourth-order valence-electron chi connectivity index (χ4n) is 5.76. The van der Waals surface area contributed by atoms with E-state index in [4.69, 9.17) is 19.6 Å². The van der Waals surface area contributed by atoms with Crippen LogP contribution in [-0.4, -0.2) is 53.8 Å². The molecule has 1 amide bonds. The van der Waals surface area contributed by atoms with Crippen LogP contribution in [0.25, 0.3) is 11.1 Å². The highest BCUT2D eigenvalue weighted by molar-refractivity contribution is 9.10. The third-order valence-corrected chi connectivity index (χ3v) is 8.91. The Bertz CT molecular complexity index is 1590. The lowest BCUT2D eigenvalue weighted by atomic mass is 9.82. The lowest BCUT2D eigenvalue weighted by molar-refractivity contribution is -0.133. The second-order valence-corrected chi connectivity index (χ2v) is 12.0. The number of halogens is 1. The number of nitrogens with zero attached hydrogens (tertiary/aromatic N) is 2. The Kier molecular flexibility index (Phi) is 9.40. The molecule has 44 heavy (non-hydrogen) atoms. The van der Waals surface area contributed by atoms with E-state index in [1.165, 1.54) is 0 Å². The molecule has 2 aliphatic heterocycles. The fraction of sp³-hybridized carbons (Fsp3) is 0.278. The molecule has 0 unspecified atom stereocenters. The van der Waals surface area contributed by atoms with Gasteiger partial charge in [-0.15, -0.1) is 0 Å². The van der Waals surface area contributed by atoms with Crippen molar-refractivity contribution in [3.8, 4) is 16.9 Å². The van der Waals surface area contributed by atoms with Gasteiger partial charge in [0, 0.05) is 42.6 Å². The van der Waals surface area contributed by atoms with Crippen LogP contribution in [0.5, 0.6) is 5.75 Å². The molecule has 8 heteroatoms. The highest BCUT2D eigenvalue weighted by atomic mass is 79.9. The number of ether oxygens (including phenoxy) is 2. The van der Waals surface area contributed by atoms with Gasteiger partial charge in [0.2, 0.25) is 5.90 Å². The van der Waals surface area contributed by atoms with E-state index in [-0.39, 0.29) is 12.5 Å². The summed E-state index contributed by atoms with van der Waals surface area (Å²) in [5.41, 5.74) is 6.73. The molecule has 0 spiro atoms. The highest BCUT2D eigenvalue weighted by Crippen LogP contribution is 2.44. The first-order chi connectivity index (χ1) is 21.6. The second-order valence-electron chi connectivity index (χ2n) is 11.2. The van der Waals surface area contributed by atoms with Gasteiger partial charge in [-0.1, -0.05) is 88.7 Å². The number of aliphatic imine (C=N–C) groups is 1. The number of rotatable bonds is 11. The topological polar surface area (TPSA) is 83.4 Å². The standard InChI is InChI=1S/C36H36BrN3O4/c37-32-12-5-4-11-30(32)25-36(35(42)39-40-21-6-7-22-40)33(28-15-13-27(14-16-28)26-9-2-1-3-10-26)44-34(38-36)29-17-19-31(20-18-29)43-24-8-23-41/h1-5,9-20,33,41H,6-8,21-25H2,(H,39,42)/t33-,36-/m0/s1. The van der Waals surface area contributed by atoms with Gasteiger partial charge >= 0.3 is 0 Å². The van der Waals surface area contributed by atoms with Gasteiger partial charge in [0.25, 0.3) is 5.91 Å². The first-order valence-electron chi connectivity index (χ1n) is 15.1. The maximum Gasteiger partial charge on any atom is 0.266 e. The molecule has 0 radical (unpaired) electrons. The molecule has 226 valence electrons. The zero-order chi connectivity index (χ0) is 30.4. The number of aliphatic hydroxyl groups excluding tert-OH is 1. The minimum Gasteiger partial charge on any atom is -0.494 e. The number of aliphatic hydroxyl groups is 1. The molecule has 7 nitrogen and oxygen atoms in total. The van der Waals surface area contributed by atoms with Gasteiger partial charge in [0.05, 0.1) is 6.61 Å². The normalized spacial score (nSPS) is 19.8. The van der Waals surface area contributed by atoms with E-state index in [9.17, 15) is 4.79 Å². The van der Waals surface area contributed by atoms with Gasteiger partial charge in [-0.2, -0.15) is 0 Å². The van der Waals surface area contributed by atoms with E-state index in [0.29, 0.717) is 31.1 Å². The van der Waals surface area contributed by atoms with Crippen LogP contribution in [0.1, 0.15) is 42.1 Å². The third kappa shape index (κ3) is 6.58. The van der Waals surface area contributed by atoms with Crippen LogP contribution in [0.2, 0.25) is 0 Å². The summed E-state index contributed by atoms with van der Waals surface area (Å²) in [6.07, 6.45) is 2.31. The molecule has 2 aliphatic rings. The minimum absolute atomic E-state index is 0.0789. The molecule has 2 N–H and O–H groups in total. The fourth-order valence-corrected chi connectivity index (χ4v) is 6.19. The lowest BCUT2D eigenvalue weighted by Crippen LogP contribution is -2.54. The van der Waals surface area contributed by atoms with Crippen molar-refractivity contribution in [3.05, 3.63) is 124 Å². The number of hydrogen-bond donors (Lipinski definition) is 2. The number of benzene rings is 4. The summed E-state index contributed by atoms with van der Waals surface area (Å²) >= 11 is 3.71. The average molecular weight is 655 g/mol. The molecule has 1 fully saturated rings. The molecular formula is C36H36BrN3O4. The van der Waals surface area contributed by atoms with Crippen LogP contribution in [-0.2, 0) is 16.0 Å². The predicted octanol–water partition coefficient (Wildman–Crippen LogP) is 6.50. The SMILES string of the molecule is O=C(NN1CCCC1)[C@@]1(Cc2ccccc2Br)N=C(c2ccc(OCCCO)cc2)O[C@H]1c1ccc(-c2ccccc2)cc1. The lowest BCUT2D eigenvalue weighted by Gasteiger charge is -2.32. The van der Waals surface area contributed by atoms with Crippen molar-refractivity contribution in [3.63, 3.8) is 0 Å². The largest absolute Gasteiger partial charge is 0.494 e. The van der Waals surface area contributed by atoms with Crippen LogP contribution in [0.3, 0.4) is 0 Å². The molecule has 2 atom stereocenters. The summed E-state index contributed by atoms with van der Waals surface area (Å²) in [7, 11) is 0. The molecular weight excluding hydrogens is 618 g/mol. The van der Waals surface area contributed by atoms with Crippen molar-refractivity contribution in [2.75, 3.05) is 26.3 Å². The molecule has 0 saturated carbocycles. The van der Waals surface area contributed by atoms with Crippen molar-refractivity contribution in [2.45, 2.75) is 37.3 Å². The van der Waals surface area contributed by atoms with Crippen molar-refractivity contribution < 1.29 is 19.4 Å². The number of nitrogens with one attached hydrogen (secondary N) is 1. The number of amides is 1. The number of carbonyl (C=O) groups excluding carboxylic acids is 1. The summed E-state index contributed by atoms with van der Waals surface area (Å²) < 4.78 is 13.4. The van der Waals surface area contributed by atoms with E-state index in [0.717, 1.165) is 58.2 Å². The molecule has 0 aromatic heterocycles. The van der Waals surface area contributed by atoms with Gasteiger partial charge in [-0.3, -0.25) is 10.2 Å². The Hall–Kier alpha value is -3.98.